The molecule has 0 spiro atoms. The Morgan fingerprint density at radius 1 is 0.739 bits per heavy atom. The van der Waals surface area contributed by atoms with Crippen molar-refractivity contribution in [3.05, 3.63) is 0 Å². The average molecular weight is 657 g/mol. The number of hydrogen-bond donors (Lipinski definition) is 10. The normalized spacial score (nSPS) is 15.0. The van der Waals surface area contributed by atoms with Crippen molar-refractivity contribution in [3.63, 3.8) is 0 Å². The molecule has 0 rings (SSSR count). The lowest BCUT2D eigenvalue weighted by Gasteiger charge is -2.27. The number of nitrogens with two attached hydrogens (primary N) is 4. The zero-order valence-corrected chi connectivity index (χ0v) is 27.9. The molecule has 0 radical (unpaired) electrons. The van der Waals surface area contributed by atoms with Crippen molar-refractivity contribution in [3.8, 4) is 0 Å². The fourth-order valence-electron chi connectivity index (χ4n) is 4.31. The molecule has 0 aliphatic heterocycles. The highest BCUT2D eigenvalue weighted by atomic mass is 16.3. The number of aliphatic imine (C=N–C) groups is 1. The molecule has 0 aliphatic rings. The molecule has 0 unspecified atom stereocenters. The Balaban J connectivity index is 5.66. The second-order valence-corrected chi connectivity index (χ2v) is 12.2. The summed E-state index contributed by atoms with van der Waals surface area (Å²) in [5, 5.41) is 22.0. The Labute approximate surface area is 271 Å². The van der Waals surface area contributed by atoms with E-state index in [2.05, 4.69) is 31.6 Å². The Hall–Kier alpha value is -3.99. The molecule has 17 nitrogen and oxygen atoms in total. The van der Waals surface area contributed by atoms with Gasteiger partial charge >= 0.3 is 0 Å². The van der Waals surface area contributed by atoms with Gasteiger partial charge in [-0.05, 0) is 43.4 Å². The van der Waals surface area contributed by atoms with Crippen molar-refractivity contribution in [1.29, 1.82) is 0 Å². The number of rotatable bonds is 22. The first-order valence-corrected chi connectivity index (χ1v) is 15.6. The third-order valence-electron chi connectivity index (χ3n) is 7.05. The van der Waals surface area contributed by atoms with E-state index < -0.39 is 78.8 Å². The number of aliphatic hydroxyl groups is 1. The molecule has 17 heteroatoms. The first kappa shape index (κ1) is 42.0. The van der Waals surface area contributed by atoms with Gasteiger partial charge in [0, 0.05) is 6.54 Å². The van der Waals surface area contributed by atoms with Gasteiger partial charge in [-0.1, -0.05) is 48.0 Å². The summed E-state index contributed by atoms with van der Waals surface area (Å²) in [4.78, 5) is 80.4. The Morgan fingerprint density at radius 2 is 1.28 bits per heavy atom. The number of amides is 6. The number of nitrogens with zero attached hydrogens (tertiary/aromatic N) is 1. The summed E-state index contributed by atoms with van der Waals surface area (Å²) in [6.45, 7) is 10.0. The summed E-state index contributed by atoms with van der Waals surface area (Å²) >= 11 is 0. The van der Waals surface area contributed by atoms with Crippen LogP contribution >= 0.6 is 0 Å². The standard InChI is InChI=1S/C29H56N10O7/c1-7-17(6)23(39-27(45)21(12-16(4)5)38-25(43)18(30)14-40)28(46)35-13-22(41)36-19(9-8-10-34-29(32)33)26(44)37-20(24(31)42)11-15(2)3/h15-21,23,40H,7-14,30H2,1-6H3,(H2,31,42)(H,35,46)(H,36,41)(H,37,44)(H,38,43)(H,39,45)(H4,32,33,34)/t17-,18+,19+,20+,21-,23-/m0/s1. The van der Waals surface area contributed by atoms with Crippen LogP contribution in [0.25, 0.3) is 0 Å². The van der Waals surface area contributed by atoms with E-state index >= 15 is 0 Å². The molecule has 0 aromatic heterocycles. The third-order valence-corrected chi connectivity index (χ3v) is 7.05. The summed E-state index contributed by atoms with van der Waals surface area (Å²) in [7, 11) is 0. The summed E-state index contributed by atoms with van der Waals surface area (Å²) in [6.07, 6.45) is 1.46. The lowest BCUT2D eigenvalue weighted by atomic mass is 9.96. The molecule has 0 saturated carbocycles. The van der Waals surface area contributed by atoms with Gasteiger partial charge < -0.3 is 54.6 Å². The van der Waals surface area contributed by atoms with Crippen LogP contribution in [-0.4, -0.2) is 96.4 Å². The highest BCUT2D eigenvalue weighted by Gasteiger charge is 2.32. The molecule has 0 heterocycles. The highest BCUT2D eigenvalue weighted by Crippen LogP contribution is 2.11. The predicted octanol–water partition coefficient (Wildman–Crippen LogP) is -2.96. The Kier molecular flexibility index (Phi) is 19.8. The minimum absolute atomic E-state index is 0.00536. The van der Waals surface area contributed by atoms with E-state index in [-0.39, 0.29) is 43.1 Å². The summed E-state index contributed by atoms with van der Waals surface area (Å²) in [5.41, 5.74) is 21.7. The molecular weight excluding hydrogens is 600 g/mol. The smallest absolute Gasteiger partial charge is 0.243 e. The molecule has 0 aliphatic carbocycles. The summed E-state index contributed by atoms with van der Waals surface area (Å²) in [6, 6.07) is -5.35. The molecule has 6 amide bonds. The molecule has 46 heavy (non-hydrogen) atoms. The maximum Gasteiger partial charge on any atom is 0.243 e. The molecule has 264 valence electrons. The van der Waals surface area contributed by atoms with Crippen molar-refractivity contribution >= 4 is 41.4 Å². The van der Waals surface area contributed by atoms with Gasteiger partial charge in [-0.15, -0.1) is 0 Å². The minimum Gasteiger partial charge on any atom is -0.394 e. The lowest BCUT2D eigenvalue weighted by Crippen LogP contribution is -2.58. The molecule has 14 N–H and O–H groups in total. The molecular formula is C29H56N10O7. The second-order valence-electron chi connectivity index (χ2n) is 12.2. The van der Waals surface area contributed by atoms with E-state index in [1.807, 2.05) is 34.6 Å². The molecule has 0 fully saturated rings. The van der Waals surface area contributed by atoms with Crippen molar-refractivity contribution in [2.45, 2.75) is 104 Å². The summed E-state index contributed by atoms with van der Waals surface area (Å²) < 4.78 is 0. The predicted molar refractivity (Wildman–Crippen MR) is 173 cm³/mol. The van der Waals surface area contributed by atoms with Crippen LogP contribution < -0.4 is 49.5 Å². The zero-order chi connectivity index (χ0) is 35.6. The van der Waals surface area contributed by atoms with Crippen molar-refractivity contribution < 1.29 is 33.9 Å². The average Bonchev–Trinajstić information content (AvgIpc) is 2.97. The number of guanidine groups is 1. The lowest BCUT2D eigenvalue weighted by molar-refractivity contribution is -0.134. The van der Waals surface area contributed by atoms with Gasteiger partial charge in [0.2, 0.25) is 35.4 Å². The maximum absolute atomic E-state index is 13.2. The second kappa shape index (κ2) is 21.7. The SMILES string of the molecule is CC[C@H](C)[C@H](NC(=O)[C@H](CC(C)C)NC(=O)[C@H](N)CO)C(=O)NCC(=O)N[C@H](CCCN=C(N)N)C(=O)N[C@H](CC(C)C)C(N)=O. The number of primary amides is 1. The van der Waals surface area contributed by atoms with Gasteiger partial charge in [0.05, 0.1) is 13.2 Å². The molecule has 6 atom stereocenters. The largest absolute Gasteiger partial charge is 0.394 e. The number of hydrogen-bond acceptors (Lipinski definition) is 9. The topological polar surface area (TPSA) is 299 Å². The van der Waals surface area contributed by atoms with Crippen LogP contribution in [0.4, 0.5) is 0 Å². The van der Waals surface area contributed by atoms with Crippen LogP contribution in [0.5, 0.6) is 0 Å². The van der Waals surface area contributed by atoms with Gasteiger partial charge in [0.25, 0.3) is 0 Å². The van der Waals surface area contributed by atoms with E-state index in [1.54, 1.807) is 6.92 Å². The van der Waals surface area contributed by atoms with E-state index in [4.69, 9.17) is 22.9 Å². The van der Waals surface area contributed by atoms with E-state index in [1.165, 1.54) is 0 Å². The van der Waals surface area contributed by atoms with Crippen LogP contribution in [0.3, 0.4) is 0 Å². The zero-order valence-electron chi connectivity index (χ0n) is 27.9. The highest BCUT2D eigenvalue weighted by molar-refractivity contribution is 5.95. The number of nitrogens with one attached hydrogen (secondary N) is 5. The van der Waals surface area contributed by atoms with Crippen molar-refractivity contribution in [2.24, 2.45) is 45.7 Å². The third kappa shape index (κ3) is 16.9. The first-order chi connectivity index (χ1) is 21.4. The van der Waals surface area contributed by atoms with Crippen LogP contribution in [-0.2, 0) is 28.8 Å². The molecule has 0 aromatic rings. The van der Waals surface area contributed by atoms with Crippen LogP contribution in [0.1, 0.15) is 73.6 Å². The number of carbonyl (C=O) groups excluding carboxylic acids is 6. The first-order valence-electron chi connectivity index (χ1n) is 15.6. The molecule has 0 saturated heterocycles. The fourth-order valence-corrected chi connectivity index (χ4v) is 4.31. The van der Waals surface area contributed by atoms with Crippen LogP contribution in [0, 0.1) is 17.8 Å². The fraction of sp³-hybridized carbons (Fsp3) is 0.759. The number of carbonyl (C=O) groups is 6. The van der Waals surface area contributed by atoms with E-state index in [9.17, 15) is 33.9 Å². The minimum atomic E-state index is -1.22. The maximum atomic E-state index is 13.2. The van der Waals surface area contributed by atoms with Crippen molar-refractivity contribution in [1.82, 2.24) is 26.6 Å². The van der Waals surface area contributed by atoms with E-state index in [0.717, 1.165) is 0 Å². The van der Waals surface area contributed by atoms with Crippen molar-refractivity contribution in [2.75, 3.05) is 19.7 Å². The quantitative estimate of drug-likeness (QED) is 0.0321. The monoisotopic (exact) mass is 656 g/mol. The van der Waals surface area contributed by atoms with Gasteiger partial charge in [-0.2, -0.15) is 0 Å². The van der Waals surface area contributed by atoms with Gasteiger partial charge in [-0.25, -0.2) is 0 Å². The van der Waals surface area contributed by atoms with Crippen LogP contribution in [0.2, 0.25) is 0 Å². The van der Waals surface area contributed by atoms with Crippen LogP contribution in [0.15, 0.2) is 4.99 Å². The van der Waals surface area contributed by atoms with Gasteiger partial charge in [0.1, 0.15) is 30.2 Å². The summed E-state index contributed by atoms with van der Waals surface area (Å²) in [5.74, 6) is -4.50. The molecule has 0 bridgehead atoms. The Bertz CT molecular complexity index is 1050. The van der Waals surface area contributed by atoms with Gasteiger partial charge in [0.15, 0.2) is 5.96 Å². The van der Waals surface area contributed by atoms with E-state index in [0.29, 0.717) is 19.3 Å². The molecule has 0 aromatic carbocycles. The Morgan fingerprint density at radius 3 is 1.78 bits per heavy atom. The number of aliphatic hydroxyl groups excluding tert-OH is 1. The van der Waals surface area contributed by atoms with Gasteiger partial charge in [-0.3, -0.25) is 33.8 Å².